The molecule has 1 aromatic carbocycles. The van der Waals surface area contributed by atoms with Gasteiger partial charge >= 0.3 is 6.03 Å². The van der Waals surface area contributed by atoms with Gasteiger partial charge in [-0.25, -0.2) is 4.79 Å². The minimum atomic E-state index is 0.00751. The number of rotatable bonds is 6. The van der Waals surface area contributed by atoms with E-state index in [0.717, 1.165) is 62.0 Å². The van der Waals surface area contributed by atoms with Gasteiger partial charge in [0.05, 0.1) is 13.2 Å². The third kappa shape index (κ3) is 4.92. The van der Waals surface area contributed by atoms with Gasteiger partial charge in [-0.1, -0.05) is 34.1 Å². The third-order valence-corrected chi connectivity index (χ3v) is 6.52. The monoisotopic (exact) mass is 433 g/mol. The zero-order valence-corrected chi connectivity index (χ0v) is 17.2. The fraction of sp³-hybridized carbons (Fsp3) is 0.571. The van der Waals surface area contributed by atoms with E-state index >= 15 is 0 Å². The highest BCUT2D eigenvalue weighted by Crippen LogP contribution is 2.43. The summed E-state index contributed by atoms with van der Waals surface area (Å²) in [6.07, 6.45) is 7.22. The Labute approximate surface area is 169 Å². The zero-order valence-electron chi connectivity index (χ0n) is 15.6. The van der Waals surface area contributed by atoms with E-state index in [9.17, 15) is 4.79 Å². The summed E-state index contributed by atoms with van der Waals surface area (Å²) in [5.41, 5.74) is 0.832. The number of morpholine rings is 1. The first-order valence-corrected chi connectivity index (χ1v) is 10.8. The number of hydrogen-bond acceptors (Lipinski definition) is 3. The van der Waals surface area contributed by atoms with Gasteiger partial charge in [-0.3, -0.25) is 4.90 Å². The summed E-state index contributed by atoms with van der Waals surface area (Å²) in [5, 5.41) is 3.08. The number of benzene rings is 1. The van der Waals surface area contributed by atoms with Crippen molar-refractivity contribution in [3.63, 3.8) is 0 Å². The van der Waals surface area contributed by atoms with Crippen LogP contribution in [0.2, 0.25) is 0 Å². The van der Waals surface area contributed by atoms with E-state index in [0.29, 0.717) is 11.8 Å². The summed E-state index contributed by atoms with van der Waals surface area (Å²) in [6, 6.07) is 7.79. The van der Waals surface area contributed by atoms with Crippen LogP contribution in [0.5, 0.6) is 0 Å². The fourth-order valence-electron chi connectivity index (χ4n) is 4.52. The van der Waals surface area contributed by atoms with Crippen LogP contribution in [0.4, 0.5) is 10.5 Å². The van der Waals surface area contributed by atoms with Crippen LogP contribution >= 0.6 is 15.9 Å². The molecule has 0 aromatic heterocycles. The number of anilines is 1. The molecule has 1 saturated heterocycles. The van der Waals surface area contributed by atoms with E-state index in [2.05, 4.69) is 38.3 Å². The Kier molecular flexibility index (Phi) is 6.15. The smallest absolute Gasteiger partial charge is 0.321 e. The second kappa shape index (κ2) is 8.76. The molecule has 6 heteroatoms. The Hall–Kier alpha value is -1.37. The van der Waals surface area contributed by atoms with Crippen LogP contribution in [0, 0.1) is 17.8 Å². The van der Waals surface area contributed by atoms with Gasteiger partial charge < -0.3 is 15.0 Å². The molecular weight excluding hydrogens is 406 g/mol. The summed E-state index contributed by atoms with van der Waals surface area (Å²) in [5.74, 6) is 1.98. The number of carbonyl (C=O) groups is 1. The minimum absolute atomic E-state index is 0.00751. The molecule has 3 atom stereocenters. The van der Waals surface area contributed by atoms with Crippen molar-refractivity contribution in [3.05, 3.63) is 40.9 Å². The second-order valence-electron chi connectivity index (χ2n) is 7.88. The van der Waals surface area contributed by atoms with Crippen molar-refractivity contribution in [1.82, 2.24) is 9.80 Å². The average Bonchev–Trinajstić information content (AvgIpc) is 3.29. The maximum absolute atomic E-state index is 13.0. The van der Waals surface area contributed by atoms with E-state index in [1.807, 2.05) is 29.2 Å². The van der Waals surface area contributed by atoms with Crippen molar-refractivity contribution in [2.45, 2.75) is 12.8 Å². The predicted octanol–water partition coefficient (Wildman–Crippen LogP) is 3.83. The molecule has 27 heavy (non-hydrogen) atoms. The molecule has 146 valence electrons. The lowest BCUT2D eigenvalue weighted by Crippen LogP contribution is -2.46. The molecule has 2 aliphatic carbocycles. The highest BCUT2D eigenvalue weighted by Gasteiger charge is 2.37. The molecule has 0 radical (unpaired) electrons. The Balaban J connectivity index is 1.39. The first kappa shape index (κ1) is 19.0. The molecule has 1 N–H and O–H groups in total. The topological polar surface area (TPSA) is 44.8 Å². The standard InChI is InChI=1S/C21H28BrN3O2/c22-19-2-1-3-20(14-19)23-21(26)25(7-6-24-8-10-27-11-9-24)15-18-13-16-4-5-17(18)12-16/h1-5,14,16-18H,6-13,15H2,(H,23,26). The summed E-state index contributed by atoms with van der Waals surface area (Å²) in [7, 11) is 0. The number of ether oxygens (including phenoxy) is 1. The lowest BCUT2D eigenvalue weighted by Gasteiger charge is -2.32. The highest BCUT2D eigenvalue weighted by molar-refractivity contribution is 9.10. The first-order chi connectivity index (χ1) is 13.2. The molecule has 1 heterocycles. The summed E-state index contributed by atoms with van der Waals surface area (Å²) in [6.45, 7) is 6.01. The number of allylic oxidation sites excluding steroid dienone is 2. The molecular formula is C21H28BrN3O2. The van der Waals surface area contributed by atoms with Crippen LogP contribution in [0.25, 0.3) is 0 Å². The summed E-state index contributed by atoms with van der Waals surface area (Å²) >= 11 is 3.47. The normalized spacial score (nSPS) is 27.1. The molecule has 4 rings (SSSR count). The molecule has 1 saturated carbocycles. The molecule has 5 nitrogen and oxygen atoms in total. The number of nitrogens with zero attached hydrogens (tertiary/aromatic N) is 2. The number of halogens is 1. The lowest BCUT2D eigenvalue weighted by molar-refractivity contribution is 0.0345. The van der Waals surface area contributed by atoms with Gasteiger partial charge in [0.15, 0.2) is 0 Å². The van der Waals surface area contributed by atoms with Crippen molar-refractivity contribution in [2.24, 2.45) is 17.8 Å². The SMILES string of the molecule is O=C(Nc1cccc(Br)c1)N(CCN1CCOCC1)CC1CC2C=CC1C2. The van der Waals surface area contributed by atoms with Crippen molar-refractivity contribution in [1.29, 1.82) is 0 Å². The molecule has 2 amide bonds. The third-order valence-electron chi connectivity index (χ3n) is 6.02. The maximum Gasteiger partial charge on any atom is 0.321 e. The van der Waals surface area contributed by atoms with E-state index in [1.54, 1.807) is 0 Å². The van der Waals surface area contributed by atoms with Gasteiger partial charge in [0, 0.05) is 42.9 Å². The Bertz CT molecular complexity index is 690. The van der Waals surface area contributed by atoms with Gasteiger partial charge in [0.1, 0.15) is 0 Å². The summed E-state index contributed by atoms with van der Waals surface area (Å²) in [4.78, 5) is 17.4. The van der Waals surface area contributed by atoms with Crippen LogP contribution < -0.4 is 5.32 Å². The van der Waals surface area contributed by atoms with Gasteiger partial charge in [0.2, 0.25) is 0 Å². The number of urea groups is 1. The number of carbonyl (C=O) groups excluding carboxylic acids is 1. The first-order valence-electron chi connectivity index (χ1n) is 9.97. The van der Waals surface area contributed by atoms with E-state index in [4.69, 9.17) is 4.74 Å². The quantitative estimate of drug-likeness (QED) is 0.693. The van der Waals surface area contributed by atoms with Crippen LogP contribution in [0.1, 0.15) is 12.8 Å². The largest absolute Gasteiger partial charge is 0.379 e. The van der Waals surface area contributed by atoms with E-state index < -0.39 is 0 Å². The van der Waals surface area contributed by atoms with Crippen LogP contribution in [-0.4, -0.2) is 61.8 Å². The predicted molar refractivity (Wildman–Crippen MR) is 111 cm³/mol. The molecule has 3 unspecified atom stereocenters. The van der Waals surface area contributed by atoms with E-state index in [1.165, 1.54) is 12.8 Å². The Morgan fingerprint density at radius 2 is 2.11 bits per heavy atom. The molecule has 0 spiro atoms. The zero-order chi connectivity index (χ0) is 18.6. The van der Waals surface area contributed by atoms with Crippen molar-refractivity contribution < 1.29 is 9.53 Å². The van der Waals surface area contributed by atoms with Gasteiger partial charge in [-0.15, -0.1) is 0 Å². The Morgan fingerprint density at radius 1 is 1.26 bits per heavy atom. The molecule has 1 aromatic rings. The molecule has 1 aliphatic heterocycles. The van der Waals surface area contributed by atoms with E-state index in [-0.39, 0.29) is 6.03 Å². The Morgan fingerprint density at radius 3 is 2.81 bits per heavy atom. The van der Waals surface area contributed by atoms with Gasteiger partial charge in [0.25, 0.3) is 0 Å². The minimum Gasteiger partial charge on any atom is -0.379 e. The van der Waals surface area contributed by atoms with Crippen LogP contribution in [0.3, 0.4) is 0 Å². The number of fused-ring (bicyclic) bond motifs is 2. The van der Waals surface area contributed by atoms with Crippen molar-refractivity contribution in [3.8, 4) is 0 Å². The van der Waals surface area contributed by atoms with Gasteiger partial charge in [-0.05, 0) is 48.8 Å². The highest BCUT2D eigenvalue weighted by atomic mass is 79.9. The average molecular weight is 434 g/mol. The van der Waals surface area contributed by atoms with Crippen molar-refractivity contribution in [2.75, 3.05) is 51.3 Å². The fourth-order valence-corrected chi connectivity index (χ4v) is 4.92. The molecule has 2 fully saturated rings. The van der Waals surface area contributed by atoms with Crippen LogP contribution in [-0.2, 0) is 4.74 Å². The maximum atomic E-state index is 13.0. The second-order valence-corrected chi connectivity index (χ2v) is 8.80. The van der Waals surface area contributed by atoms with Gasteiger partial charge in [-0.2, -0.15) is 0 Å². The van der Waals surface area contributed by atoms with Crippen LogP contribution in [0.15, 0.2) is 40.9 Å². The number of hydrogen-bond donors (Lipinski definition) is 1. The molecule has 2 bridgehead atoms. The molecule has 3 aliphatic rings. The number of nitrogens with one attached hydrogen (secondary N) is 1. The lowest BCUT2D eigenvalue weighted by atomic mass is 9.93. The summed E-state index contributed by atoms with van der Waals surface area (Å²) < 4.78 is 6.41. The number of amides is 2. The van der Waals surface area contributed by atoms with Crippen molar-refractivity contribution >= 4 is 27.6 Å².